The number of hydrogen-bond donors (Lipinski definition) is 1. The van der Waals surface area contributed by atoms with Crippen molar-refractivity contribution in [3.63, 3.8) is 0 Å². The molecule has 0 saturated heterocycles. The molecule has 2 heteroatoms. The van der Waals surface area contributed by atoms with Gasteiger partial charge >= 0.3 is 0 Å². The molecule has 15 heavy (non-hydrogen) atoms. The van der Waals surface area contributed by atoms with Gasteiger partial charge in [-0.15, -0.1) is 11.6 Å². The van der Waals surface area contributed by atoms with Gasteiger partial charge in [-0.25, -0.2) is 0 Å². The van der Waals surface area contributed by atoms with Crippen LogP contribution >= 0.6 is 11.6 Å². The van der Waals surface area contributed by atoms with Gasteiger partial charge < -0.3 is 5.32 Å². The number of halogens is 1. The minimum atomic E-state index is 0.263. The van der Waals surface area contributed by atoms with Crippen LogP contribution in [-0.4, -0.2) is 18.5 Å². The van der Waals surface area contributed by atoms with Crippen LogP contribution in [0.3, 0.4) is 0 Å². The minimum absolute atomic E-state index is 0.263. The third-order valence-corrected chi connectivity index (χ3v) is 2.79. The molecule has 0 aromatic rings. The largest absolute Gasteiger partial charge is 0.315 e. The second-order valence-electron chi connectivity index (χ2n) is 4.46. The number of nitrogens with one attached hydrogen (secondary N) is 1. The molecule has 0 amide bonds. The van der Waals surface area contributed by atoms with Crippen molar-refractivity contribution in [3.05, 3.63) is 0 Å². The molecule has 0 heterocycles. The van der Waals surface area contributed by atoms with E-state index >= 15 is 0 Å². The van der Waals surface area contributed by atoms with Crippen molar-refractivity contribution in [1.82, 2.24) is 5.32 Å². The third kappa shape index (κ3) is 14.2. The predicted octanol–water partition coefficient (Wildman–Crippen LogP) is 4.34. The van der Waals surface area contributed by atoms with E-state index in [4.69, 9.17) is 11.6 Å². The van der Waals surface area contributed by atoms with Crippen LogP contribution in [0, 0.1) is 0 Å². The maximum atomic E-state index is 5.83. The van der Waals surface area contributed by atoms with Crippen LogP contribution in [0.2, 0.25) is 0 Å². The molecule has 0 spiro atoms. The van der Waals surface area contributed by atoms with Gasteiger partial charge in [0, 0.05) is 11.9 Å². The first-order chi connectivity index (χ1) is 7.27. The number of hydrogen-bond acceptors (Lipinski definition) is 1. The van der Waals surface area contributed by atoms with E-state index in [-0.39, 0.29) is 5.38 Å². The molecule has 0 aromatic carbocycles. The van der Waals surface area contributed by atoms with Gasteiger partial charge in [0.15, 0.2) is 0 Å². The molecule has 0 aliphatic rings. The van der Waals surface area contributed by atoms with E-state index in [1.807, 2.05) is 6.92 Å². The smallest absolute Gasteiger partial charge is 0.0432 e. The molecular formula is C13H28ClN. The van der Waals surface area contributed by atoms with Crippen molar-refractivity contribution in [2.24, 2.45) is 0 Å². The molecule has 0 saturated carbocycles. The lowest BCUT2D eigenvalue weighted by Crippen LogP contribution is -2.22. The molecular weight excluding hydrogens is 206 g/mol. The van der Waals surface area contributed by atoms with Crippen LogP contribution in [0.4, 0.5) is 0 Å². The highest BCUT2D eigenvalue weighted by Crippen LogP contribution is 2.07. The first-order valence-electron chi connectivity index (χ1n) is 6.62. The lowest BCUT2D eigenvalue weighted by Gasteiger charge is -2.05. The SMILES string of the molecule is CCCCCCCCCCNCC(C)Cl. The van der Waals surface area contributed by atoms with Gasteiger partial charge in [0.25, 0.3) is 0 Å². The van der Waals surface area contributed by atoms with Gasteiger partial charge in [-0.1, -0.05) is 51.9 Å². The quantitative estimate of drug-likeness (QED) is 0.414. The maximum absolute atomic E-state index is 5.83. The van der Waals surface area contributed by atoms with Crippen molar-refractivity contribution in [1.29, 1.82) is 0 Å². The van der Waals surface area contributed by atoms with Crippen molar-refractivity contribution in [2.75, 3.05) is 13.1 Å². The summed E-state index contributed by atoms with van der Waals surface area (Å²) in [6.07, 6.45) is 11.1. The van der Waals surface area contributed by atoms with Crippen LogP contribution in [0.1, 0.15) is 65.2 Å². The summed E-state index contributed by atoms with van der Waals surface area (Å²) in [6.45, 7) is 6.37. The van der Waals surface area contributed by atoms with Gasteiger partial charge in [-0.2, -0.15) is 0 Å². The summed E-state index contributed by atoms with van der Waals surface area (Å²) in [6, 6.07) is 0. The molecule has 0 aromatic heterocycles. The Morgan fingerprint density at radius 1 is 0.933 bits per heavy atom. The Morgan fingerprint density at radius 3 is 2.00 bits per heavy atom. The topological polar surface area (TPSA) is 12.0 Å². The highest BCUT2D eigenvalue weighted by molar-refractivity contribution is 6.20. The number of rotatable bonds is 11. The van der Waals surface area contributed by atoms with Gasteiger partial charge in [-0.3, -0.25) is 0 Å². The first-order valence-corrected chi connectivity index (χ1v) is 7.05. The zero-order valence-corrected chi connectivity index (χ0v) is 11.3. The molecule has 1 nitrogen and oxygen atoms in total. The van der Waals surface area contributed by atoms with Gasteiger partial charge in [0.1, 0.15) is 0 Å². The molecule has 1 atom stereocenters. The zero-order chi connectivity index (χ0) is 11.4. The fraction of sp³-hybridized carbons (Fsp3) is 1.00. The van der Waals surface area contributed by atoms with Crippen molar-refractivity contribution < 1.29 is 0 Å². The number of alkyl halides is 1. The first kappa shape index (κ1) is 15.2. The molecule has 0 rings (SSSR count). The van der Waals surface area contributed by atoms with Crippen LogP contribution in [0.5, 0.6) is 0 Å². The number of unbranched alkanes of at least 4 members (excludes halogenated alkanes) is 7. The van der Waals surface area contributed by atoms with E-state index in [0.717, 1.165) is 13.1 Å². The lowest BCUT2D eigenvalue weighted by molar-refractivity contribution is 0.555. The molecule has 92 valence electrons. The standard InChI is InChI=1S/C13H28ClN/c1-3-4-5-6-7-8-9-10-11-15-12-13(2)14/h13,15H,3-12H2,1-2H3. The fourth-order valence-electron chi connectivity index (χ4n) is 1.68. The predicted molar refractivity (Wildman–Crippen MR) is 70.8 cm³/mol. The Labute approximate surface area is 101 Å². The summed E-state index contributed by atoms with van der Waals surface area (Å²) in [4.78, 5) is 0. The van der Waals surface area contributed by atoms with E-state index in [2.05, 4.69) is 12.2 Å². The van der Waals surface area contributed by atoms with Crippen molar-refractivity contribution in [3.8, 4) is 0 Å². The minimum Gasteiger partial charge on any atom is -0.315 e. The van der Waals surface area contributed by atoms with Gasteiger partial charge in [-0.05, 0) is 19.9 Å². The van der Waals surface area contributed by atoms with Crippen molar-refractivity contribution >= 4 is 11.6 Å². The second kappa shape index (κ2) is 12.3. The van der Waals surface area contributed by atoms with Crippen LogP contribution in [0.15, 0.2) is 0 Å². The summed E-state index contributed by atoms with van der Waals surface area (Å²) < 4.78 is 0. The Hall–Kier alpha value is 0.250. The van der Waals surface area contributed by atoms with Gasteiger partial charge in [0.2, 0.25) is 0 Å². The fourth-order valence-corrected chi connectivity index (χ4v) is 1.79. The average Bonchev–Trinajstić information content (AvgIpc) is 2.20. The highest BCUT2D eigenvalue weighted by Gasteiger charge is 1.94. The summed E-state index contributed by atoms with van der Waals surface area (Å²) in [5, 5.41) is 3.63. The lowest BCUT2D eigenvalue weighted by atomic mass is 10.1. The van der Waals surface area contributed by atoms with E-state index in [9.17, 15) is 0 Å². The highest BCUT2D eigenvalue weighted by atomic mass is 35.5. The molecule has 0 fully saturated rings. The van der Waals surface area contributed by atoms with Crippen LogP contribution < -0.4 is 5.32 Å². The summed E-state index contributed by atoms with van der Waals surface area (Å²) >= 11 is 5.83. The van der Waals surface area contributed by atoms with Crippen LogP contribution in [-0.2, 0) is 0 Å². The average molecular weight is 234 g/mol. The van der Waals surface area contributed by atoms with E-state index in [0.29, 0.717) is 0 Å². The molecule has 1 unspecified atom stereocenters. The maximum Gasteiger partial charge on any atom is 0.0432 e. The monoisotopic (exact) mass is 233 g/mol. The molecule has 1 N–H and O–H groups in total. The third-order valence-electron chi connectivity index (χ3n) is 2.63. The van der Waals surface area contributed by atoms with E-state index < -0.39 is 0 Å². The molecule has 0 radical (unpaired) electrons. The van der Waals surface area contributed by atoms with Crippen molar-refractivity contribution in [2.45, 2.75) is 70.6 Å². The molecule has 0 aliphatic carbocycles. The summed E-state index contributed by atoms with van der Waals surface area (Å²) in [5.74, 6) is 0. The Balaban J connectivity index is 2.87. The van der Waals surface area contributed by atoms with Gasteiger partial charge in [0.05, 0.1) is 0 Å². The van der Waals surface area contributed by atoms with E-state index in [1.165, 1.54) is 51.4 Å². The Bertz CT molecular complexity index is 115. The molecule has 0 aliphatic heterocycles. The Morgan fingerprint density at radius 2 is 1.47 bits per heavy atom. The van der Waals surface area contributed by atoms with E-state index in [1.54, 1.807) is 0 Å². The summed E-state index contributed by atoms with van der Waals surface area (Å²) in [5.41, 5.74) is 0. The molecule has 0 bridgehead atoms. The second-order valence-corrected chi connectivity index (χ2v) is 5.20. The Kier molecular flexibility index (Phi) is 12.5. The van der Waals surface area contributed by atoms with Crippen LogP contribution in [0.25, 0.3) is 0 Å². The zero-order valence-electron chi connectivity index (χ0n) is 10.5. The summed E-state index contributed by atoms with van der Waals surface area (Å²) in [7, 11) is 0. The normalized spacial score (nSPS) is 13.0.